The van der Waals surface area contributed by atoms with Crippen molar-refractivity contribution in [2.75, 3.05) is 14.1 Å². The molecule has 0 aromatic rings. The number of nitrogens with zero attached hydrogens (tertiary/aromatic N) is 1. The molecule has 1 fully saturated rings. The first-order valence-electron chi connectivity index (χ1n) is 6.65. The van der Waals surface area contributed by atoms with E-state index in [0.717, 1.165) is 25.2 Å². The van der Waals surface area contributed by atoms with E-state index in [1.165, 1.54) is 12.8 Å². The van der Waals surface area contributed by atoms with Crippen LogP contribution in [-0.4, -0.2) is 30.3 Å². The largest absolute Gasteiger partial charge is 0.297 e. The molecule has 0 aromatic heterocycles. The minimum Gasteiger partial charge on any atom is -0.297 e. The van der Waals surface area contributed by atoms with Crippen molar-refractivity contribution in [2.24, 2.45) is 11.8 Å². The first-order chi connectivity index (χ1) is 7.44. The van der Waals surface area contributed by atoms with E-state index in [0.29, 0.717) is 5.78 Å². The van der Waals surface area contributed by atoms with Crippen molar-refractivity contribution >= 4 is 5.78 Å². The Morgan fingerprint density at radius 1 is 1.38 bits per heavy atom. The lowest BCUT2D eigenvalue weighted by Crippen LogP contribution is -2.55. The molecule has 2 heteroatoms. The summed E-state index contributed by atoms with van der Waals surface area (Å²) in [6.45, 7) is 6.48. The molecular weight excluding hydrogens is 198 g/mol. The first-order valence-corrected chi connectivity index (χ1v) is 6.65. The number of hydrogen-bond donors (Lipinski definition) is 0. The molecule has 16 heavy (non-hydrogen) atoms. The molecule has 1 unspecified atom stereocenters. The van der Waals surface area contributed by atoms with Crippen molar-refractivity contribution in [1.82, 2.24) is 4.90 Å². The number of hydrogen-bond acceptors (Lipinski definition) is 2. The van der Waals surface area contributed by atoms with Crippen LogP contribution in [0.15, 0.2) is 0 Å². The van der Waals surface area contributed by atoms with Crippen LogP contribution in [0.5, 0.6) is 0 Å². The Kier molecular flexibility index (Phi) is 4.54. The summed E-state index contributed by atoms with van der Waals surface area (Å²) < 4.78 is 0. The molecule has 1 rings (SSSR count). The average molecular weight is 225 g/mol. The first kappa shape index (κ1) is 13.7. The number of likely N-dealkylation sites (N-methyl/N-ethyl adjacent to an activating group) is 1. The molecule has 0 amide bonds. The van der Waals surface area contributed by atoms with Gasteiger partial charge in [0.2, 0.25) is 0 Å². The summed E-state index contributed by atoms with van der Waals surface area (Å²) in [6.07, 6.45) is 5.44. The standard InChI is InChI=1S/C14H27NO/c1-6-12(3)13(16)14(15(4)5)9-7-11(2)8-10-14/h11-12H,6-10H2,1-5H3. The van der Waals surface area contributed by atoms with Crippen LogP contribution in [0.1, 0.15) is 52.9 Å². The maximum absolute atomic E-state index is 12.6. The smallest absolute Gasteiger partial charge is 0.155 e. The molecule has 0 bridgehead atoms. The van der Waals surface area contributed by atoms with Crippen molar-refractivity contribution in [3.05, 3.63) is 0 Å². The van der Waals surface area contributed by atoms with Crippen LogP contribution in [0, 0.1) is 11.8 Å². The average Bonchev–Trinajstić information content (AvgIpc) is 2.28. The van der Waals surface area contributed by atoms with Crippen molar-refractivity contribution < 1.29 is 4.79 Å². The summed E-state index contributed by atoms with van der Waals surface area (Å²) in [5.41, 5.74) is -0.165. The van der Waals surface area contributed by atoms with Crippen LogP contribution < -0.4 is 0 Å². The van der Waals surface area contributed by atoms with Crippen LogP contribution in [0.3, 0.4) is 0 Å². The molecule has 1 aliphatic carbocycles. The molecule has 0 aromatic carbocycles. The number of carbonyl (C=O) groups excluding carboxylic acids is 1. The Balaban J connectivity index is 2.85. The molecule has 2 nitrogen and oxygen atoms in total. The van der Waals surface area contributed by atoms with Gasteiger partial charge in [-0.1, -0.05) is 20.8 Å². The lowest BCUT2D eigenvalue weighted by molar-refractivity contribution is -0.136. The molecule has 0 spiro atoms. The van der Waals surface area contributed by atoms with E-state index in [2.05, 4.69) is 39.8 Å². The van der Waals surface area contributed by atoms with E-state index in [9.17, 15) is 4.79 Å². The van der Waals surface area contributed by atoms with Gasteiger partial charge < -0.3 is 0 Å². The molecular formula is C14H27NO. The van der Waals surface area contributed by atoms with Gasteiger partial charge in [-0.15, -0.1) is 0 Å². The highest BCUT2D eigenvalue weighted by Gasteiger charge is 2.43. The van der Waals surface area contributed by atoms with Gasteiger partial charge in [0, 0.05) is 5.92 Å². The molecule has 0 heterocycles. The molecule has 0 saturated heterocycles. The van der Waals surface area contributed by atoms with Crippen molar-refractivity contribution in [3.8, 4) is 0 Å². The normalized spacial score (nSPS) is 32.8. The van der Waals surface area contributed by atoms with E-state index in [-0.39, 0.29) is 11.5 Å². The lowest BCUT2D eigenvalue weighted by Gasteiger charge is -2.44. The fourth-order valence-electron chi connectivity index (χ4n) is 2.80. The fourth-order valence-corrected chi connectivity index (χ4v) is 2.80. The molecule has 94 valence electrons. The van der Waals surface area contributed by atoms with Crippen molar-refractivity contribution in [3.63, 3.8) is 0 Å². The van der Waals surface area contributed by atoms with Crippen LogP contribution in [0.25, 0.3) is 0 Å². The maximum Gasteiger partial charge on any atom is 0.155 e. The van der Waals surface area contributed by atoms with Gasteiger partial charge in [-0.25, -0.2) is 0 Å². The third kappa shape index (κ3) is 2.48. The van der Waals surface area contributed by atoms with Gasteiger partial charge in [0.1, 0.15) is 0 Å². The predicted octanol–water partition coefficient (Wildman–Crippen LogP) is 3.11. The second-order valence-corrected chi connectivity index (χ2v) is 5.78. The van der Waals surface area contributed by atoms with Crippen LogP contribution in [0.4, 0.5) is 0 Å². The second kappa shape index (κ2) is 5.31. The zero-order valence-electron chi connectivity index (χ0n) is 11.5. The van der Waals surface area contributed by atoms with Crippen LogP contribution in [-0.2, 0) is 4.79 Å². The van der Waals surface area contributed by atoms with Crippen molar-refractivity contribution in [1.29, 1.82) is 0 Å². The SMILES string of the molecule is CCC(C)C(=O)C1(N(C)C)CCC(C)CC1. The molecule has 1 atom stereocenters. The minimum absolute atomic E-state index is 0.165. The highest BCUT2D eigenvalue weighted by Crippen LogP contribution is 2.37. The summed E-state index contributed by atoms with van der Waals surface area (Å²) in [4.78, 5) is 14.7. The highest BCUT2D eigenvalue weighted by atomic mass is 16.1. The van der Waals surface area contributed by atoms with E-state index >= 15 is 0 Å². The third-order valence-electron chi connectivity index (χ3n) is 4.48. The summed E-state index contributed by atoms with van der Waals surface area (Å²) in [7, 11) is 4.13. The Morgan fingerprint density at radius 2 is 1.88 bits per heavy atom. The van der Waals surface area contributed by atoms with Gasteiger partial charge in [-0.3, -0.25) is 9.69 Å². The second-order valence-electron chi connectivity index (χ2n) is 5.78. The van der Waals surface area contributed by atoms with Gasteiger partial charge in [-0.05, 0) is 52.1 Å². The molecule has 0 radical (unpaired) electrons. The quantitative estimate of drug-likeness (QED) is 0.732. The molecule has 0 aliphatic heterocycles. The topological polar surface area (TPSA) is 20.3 Å². The van der Waals surface area contributed by atoms with Gasteiger partial charge in [0.05, 0.1) is 5.54 Å². The monoisotopic (exact) mass is 225 g/mol. The molecule has 0 N–H and O–H groups in total. The Morgan fingerprint density at radius 3 is 2.25 bits per heavy atom. The van der Waals surface area contributed by atoms with E-state index in [1.54, 1.807) is 0 Å². The molecule has 1 saturated carbocycles. The summed E-state index contributed by atoms with van der Waals surface area (Å²) in [6, 6.07) is 0. The predicted molar refractivity (Wildman–Crippen MR) is 68.5 cm³/mol. The van der Waals surface area contributed by atoms with Gasteiger partial charge in [0.25, 0.3) is 0 Å². The fraction of sp³-hybridized carbons (Fsp3) is 0.929. The summed E-state index contributed by atoms with van der Waals surface area (Å²) >= 11 is 0. The maximum atomic E-state index is 12.6. The van der Waals surface area contributed by atoms with Crippen LogP contribution in [0.2, 0.25) is 0 Å². The number of Topliss-reactive ketones (excluding diaryl/α,β-unsaturated/α-hetero) is 1. The van der Waals surface area contributed by atoms with Gasteiger partial charge in [0.15, 0.2) is 5.78 Å². The zero-order valence-corrected chi connectivity index (χ0v) is 11.5. The van der Waals surface area contributed by atoms with E-state index in [1.807, 2.05) is 0 Å². The number of rotatable bonds is 4. The summed E-state index contributed by atoms with van der Waals surface area (Å²) in [5.74, 6) is 1.46. The highest BCUT2D eigenvalue weighted by molar-refractivity contribution is 5.90. The minimum atomic E-state index is -0.165. The van der Waals surface area contributed by atoms with Gasteiger partial charge in [-0.2, -0.15) is 0 Å². The van der Waals surface area contributed by atoms with E-state index in [4.69, 9.17) is 0 Å². The van der Waals surface area contributed by atoms with E-state index < -0.39 is 0 Å². The lowest BCUT2D eigenvalue weighted by atomic mass is 9.71. The van der Waals surface area contributed by atoms with Gasteiger partial charge >= 0.3 is 0 Å². The summed E-state index contributed by atoms with van der Waals surface area (Å²) in [5, 5.41) is 0. The number of ketones is 1. The Hall–Kier alpha value is -0.370. The Labute approximate surface area is 100 Å². The zero-order chi connectivity index (χ0) is 12.3. The molecule has 1 aliphatic rings. The third-order valence-corrected chi connectivity index (χ3v) is 4.48. The van der Waals surface area contributed by atoms with Crippen LogP contribution >= 0.6 is 0 Å². The Bertz CT molecular complexity index is 239. The van der Waals surface area contributed by atoms with Crippen molar-refractivity contribution in [2.45, 2.75) is 58.4 Å². The number of carbonyl (C=O) groups is 1.